The lowest BCUT2D eigenvalue weighted by atomic mass is 10.0. The van der Waals surface area contributed by atoms with E-state index in [2.05, 4.69) is 20.6 Å². The highest BCUT2D eigenvalue weighted by atomic mass is 16.2. The van der Waals surface area contributed by atoms with E-state index in [1.807, 2.05) is 63.4 Å². The molecule has 1 aromatic carbocycles. The lowest BCUT2D eigenvalue weighted by Gasteiger charge is -2.22. The molecule has 2 aromatic heterocycles. The van der Waals surface area contributed by atoms with Crippen molar-refractivity contribution in [2.24, 2.45) is 0 Å². The van der Waals surface area contributed by atoms with Crippen molar-refractivity contribution in [3.05, 3.63) is 72.2 Å². The third-order valence-corrected chi connectivity index (χ3v) is 4.32. The van der Waals surface area contributed by atoms with Crippen LogP contribution in [0.4, 0.5) is 5.69 Å². The molecule has 0 atom stereocenters. The van der Waals surface area contributed by atoms with Crippen LogP contribution in [0.3, 0.4) is 0 Å². The molecule has 0 bridgehead atoms. The Labute approximate surface area is 164 Å². The molecule has 0 unspecified atom stereocenters. The number of hydrogen-bond acceptors (Lipinski definition) is 3. The number of rotatable bonds is 6. The second-order valence-electron chi connectivity index (χ2n) is 7.19. The van der Waals surface area contributed by atoms with Gasteiger partial charge in [-0.25, -0.2) is 0 Å². The Morgan fingerprint density at radius 3 is 2.82 bits per heavy atom. The predicted octanol–water partition coefficient (Wildman–Crippen LogP) is 3.83. The molecule has 3 rings (SSSR count). The van der Waals surface area contributed by atoms with Gasteiger partial charge in [-0.05, 0) is 49.9 Å². The largest absolute Gasteiger partial charge is 0.361 e. The molecule has 28 heavy (non-hydrogen) atoms. The number of benzene rings is 1. The first kappa shape index (κ1) is 19.4. The lowest BCUT2D eigenvalue weighted by molar-refractivity contribution is -0.115. The maximum absolute atomic E-state index is 12.5. The number of nitrogens with zero attached hydrogens (tertiary/aromatic N) is 1. The Bertz CT molecular complexity index is 1030. The van der Waals surface area contributed by atoms with E-state index < -0.39 is 5.54 Å². The van der Waals surface area contributed by atoms with Crippen LogP contribution in [0.15, 0.2) is 60.9 Å². The monoisotopic (exact) mass is 376 g/mol. The van der Waals surface area contributed by atoms with Crippen LogP contribution >= 0.6 is 0 Å². The van der Waals surface area contributed by atoms with E-state index in [0.29, 0.717) is 5.69 Å². The summed E-state index contributed by atoms with van der Waals surface area (Å²) < 4.78 is 0. The van der Waals surface area contributed by atoms with Gasteiger partial charge in [-0.1, -0.05) is 30.4 Å². The zero-order valence-electron chi connectivity index (χ0n) is 16.2. The summed E-state index contributed by atoms with van der Waals surface area (Å²) in [5.41, 5.74) is 2.18. The molecule has 144 valence electrons. The van der Waals surface area contributed by atoms with Crippen molar-refractivity contribution in [3.63, 3.8) is 0 Å². The van der Waals surface area contributed by atoms with Crippen molar-refractivity contribution in [2.75, 3.05) is 5.32 Å². The van der Waals surface area contributed by atoms with Crippen molar-refractivity contribution < 1.29 is 9.59 Å². The predicted molar refractivity (Wildman–Crippen MR) is 111 cm³/mol. The van der Waals surface area contributed by atoms with Gasteiger partial charge in [-0.2, -0.15) is 0 Å². The molecule has 3 N–H and O–H groups in total. The SMILES string of the molecule is C/C=C\C(C)(C)NC(=O)c1cc(NC(=O)Cc2cccc3cc[nH]c23)ccn1. The molecule has 0 fully saturated rings. The Hall–Kier alpha value is -3.41. The van der Waals surface area contributed by atoms with E-state index in [1.54, 1.807) is 12.1 Å². The topological polar surface area (TPSA) is 86.9 Å². The van der Waals surface area contributed by atoms with Crippen molar-refractivity contribution in [3.8, 4) is 0 Å². The highest BCUT2D eigenvalue weighted by Crippen LogP contribution is 2.18. The first-order valence-corrected chi connectivity index (χ1v) is 9.15. The van der Waals surface area contributed by atoms with Gasteiger partial charge in [-0.15, -0.1) is 0 Å². The number of carbonyl (C=O) groups is 2. The van der Waals surface area contributed by atoms with Gasteiger partial charge >= 0.3 is 0 Å². The van der Waals surface area contributed by atoms with Crippen LogP contribution in [-0.4, -0.2) is 27.3 Å². The normalized spacial score (nSPS) is 11.7. The van der Waals surface area contributed by atoms with Crippen LogP contribution < -0.4 is 10.6 Å². The second-order valence-corrected chi connectivity index (χ2v) is 7.19. The summed E-state index contributed by atoms with van der Waals surface area (Å²) in [6.45, 7) is 5.70. The first-order chi connectivity index (χ1) is 13.4. The zero-order valence-corrected chi connectivity index (χ0v) is 16.2. The summed E-state index contributed by atoms with van der Waals surface area (Å²) in [6, 6.07) is 11.1. The van der Waals surface area contributed by atoms with Gasteiger partial charge in [0.25, 0.3) is 5.91 Å². The van der Waals surface area contributed by atoms with E-state index in [1.165, 1.54) is 6.20 Å². The zero-order chi connectivity index (χ0) is 20.1. The quantitative estimate of drug-likeness (QED) is 0.572. The third kappa shape index (κ3) is 4.65. The molecule has 0 aliphatic rings. The van der Waals surface area contributed by atoms with Gasteiger partial charge in [0.1, 0.15) is 5.69 Å². The molecular formula is C22H24N4O2. The van der Waals surface area contributed by atoms with Gasteiger partial charge < -0.3 is 15.6 Å². The number of carbonyl (C=O) groups excluding carboxylic acids is 2. The van der Waals surface area contributed by atoms with Crippen LogP contribution in [0.2, 0.25) is 0 Å². The number of H-pyrrole nitrogens is 1. The van der Waals surface area contributed by atoms with Gasteiger partial charge in [-0.3, -0.25) is 14.6 Å². The average Bonchev–Trinajstić information content (AvgIpc) is 3.11. The Balaban J connectivity index is 1.69. The van der Waals surface area contributed by atoms with Gasteiger partial charge in [0.05, 0.1) is 12.0 Å². The minimum Gasteiger partial charge on any atom is -0.361 e. The fourth-order valence-electron chi connectivity index (χ4n) is 3.12. The first-order valence-electron chi connectivity index (χ1n) is 9.15. The number of hydrogen-bond donors (Lipinski definition) is 3. The molecule has 2 heterocycles. The van der Waals surface area contributed by atoms with Gasteiger partial charge in [0, 0.05) is 23.6 Å². The summed E-state index contributed by atoms with van der Waals surface area (Å²) in [5.74, 6) is -0.454. The molecule has 2 amide bonds. The molecule has 3 aromatic rings. The van der Waals surface area contributed by atoms with E-state index in [-0.39, 0.29) is 23.9 Å². The number of nitrogens with one attached hydrogen (secondary N) is 3. The summed E-state index contributed by atoms with van der Waals surface area (Å²) in [6.07, 6.45) is 7.39. The number of aromatic nitrogens is 2. The van der Waals surface area contributed by atoms with E-state index in [0.717, 1.165) is 16.5 Å². The summed E-state index contributed by atoms with van der Waals surface area (Å²) in [7, 11) is 0. The minimum absolute atomic E-state index is 0.158. The molecule has 6 heteroatoms. The van der Waals surface area contributed by atoms with Crippen LogP contribution in [0.1, 0.15) is 36.8 Å². The molecule has 0 spiro atoms. The number of allylic oxidation sites excluding steroid dienone is 1. The molecule has 6 nitrogen and oxygen atoms in total. The highest BCUT2D eigenvalue weighted by molar-refractivity contribution is 5.97. The maximum atomic E-state index is 12.5. The summed E-state index contributed by atoms with van der Waals surface area (Å²) >= 11 is 0. The number of aromatic amines is 1. The minimum atomic E-state index is -0.485. The number of amides is 2. The Morgan fingerprint density at radius 1 is 1.21 bits per heavy atom. The van der Waals surface area contributed by atoms with Crippen molar-refractivity contribution >= 4 is 28.4 Å². The lowest BCUT2D eigenvalue weighted by Crippen LogP contribution is -2.42. The molecular weight excluding hydrogens is 352 g/mol. The van der Waals surface area contributed by atoms with Crippen molar-refractivity contribution in [1.82, 2.24) is 15.3 Å². The van der Waals surface area contributed by atoms with Crippen LogP contribution in [0.25, 0.3) is 10.9 Å². The highest BCUT2D eigenvalue weighted by Gasteiger charge is 2.19. The average molecular weight is 376 g/mol. The van der Waals surface area contributed by atoms with Gasteiger partial charge in [0.15, 0.2) is 0 Å². The van der Waals surface area contributed by atoms with E-state index in [9.17, 15) is 9.59 Å². The fraction of sp³-hybridized carbons (Fsp3) is 0.227. The number of fused-ring (bicyclic) bond motifs is 1. The van der Waals surface area contributed by atoms with Gasteiger partial charge in [0.2, 0.25) is 5.91 Å². The van der Waals surface area contributed by atoms with Crippen LogP contribution in [0, 0.1) is 0 Å². The number of para-hydroxylation sites is 1. The maximum Gasteiger partial charge on any atom is 0.270 e. The van der Waals surface area contributed by atoms with Crippen molar-refractivity contribution in [1.29, 1.82) is 0 Å². The molecule has 0 radical (unpaired) electrons. The Morgan fingerprint density at radius 2 is 2.04 bits per heavy atom. The number of anilines is 1. The number of pyridine rings is 1. The second kappa shape index (κ2) is 8.08. The molecule has 0 aliphatic heterocycles. The summed E-state index contributed by atoms with van der Waals surface area (Å²) in [4.78, 5) is 32.2. The third-order valence-electron chi connectivity index (χ3n) is 4.32. The summed E-state index contributed by atoms with van der Waals surface area (Å²) in [5, 5.41) is 6.82. The smallest absolute Gasteiger partial charge is 0.270 e. The Kier molecular flexibility index (Phi) is 5.59. The standard InChI is InChI=1S/C22H24N4O2/c1-4-10-22(2,3)26-21(28)18-14-17(9-12-23-18)25-19(27)13-16-7-5-6-15-8-11-24-20(15)16/h4-12,14,24H,13H2,1-3H3,(H,26,28)(H,23,25,27)/b10-4-. The van der Waals surface area contributed by atoms with Crippen LogP contribution in [0.5, 0.6) is 0 Å². The molecule has 0 saturated carbocycles. The fourth-order valence-corrected chi connectivity index (χ4v) is 3.12. The molecule has 0 saturated heterocycles. The van der Waals surface area contributed by atoms with E-state index in [4.69, 9.17) is 0 Å². The van der Waals surface area contributed by atoms with Crippen LogP contribution in [-0.2, 0) is 11.2 Å². The van der Waals surface area contributed by atoms with E-state index >= 15 is 0 Å². The molecule has 0 aliphatic carbocycles. The van der Waals surface area contributed by atoms with Crippen molar-refractivity contribution in [2.45, 2.75) is 32.7 Å².